The van der Waals surface area contributed by atoms with E-state index in [1.807, 2.05) is 13.8 Å². The summed E-state index contributed by atoms with van der Waals surface area (Å²) in [5, 5.41) is 19.0. The van der Waals surface area contributed by atoms with Gasteiger partial charge in [-0.2, -0.15) is 5.10 Å². The molecule has 1 aliphatic rings. The highest BCUT2D eigenvalue weighted by atomic mass is 32.1. The lowest BCUT2D eigenvalue weighted by Gasteiger charge is -2.14. The van der Waals surface area contributed by atoms with Gasteiger partial charge in [-0.25, -0.2) is 4.39 Å². The molecule has 1 aliphatic heterocycles. The van der Waals surface area contributed by atoms with Gasteiger partial charge in [-0.1, -0.05) is 31.3 Å². The molecule has 27 heavy (non-hydrogen) atoms. The summed E-state index contributed by atoms with van der Waals surface area (Å²) in [5.74, 6) is -1.18. The molecule has 2 amide bonds. The van der Waals surface area contributed by atoms with Gasteiger partial charge in [-0.05, 0) is 12.1 Å². The van der Waals surface area contributed by atoms with Crippen LogP contribution in [-0.2, 0) is 9.59 Å². The van der Waals surface area contributed by atoms with Crippen LogP contribution >= 0.6 is 11.3 Å². The van der Waals surface area contributed by atoms with E-state index in [1.165, 1.54) is 22.3 Å². The van der Waals surface area contributed by atoms with Gasteiger partial charge in [0.1, 0.15) is 10.8 Å². The molecule has 0 saturated carbocycles. The lowest BCUT2D eigenvalue weighted by Crippen LogP contribution is -2.28. The highest BCUT2D eigenvalue weighted by Crippen LogP contribution is 2.32. The number of nitrogens with zero attached hydrogens (tertiary/aromatic N) is 4. The number of rotatable bonds is 4. The van der Waals surface area contributed by atoms with Crippen molar-refractivity contribution < 1.29 is 14.0 Å². The maximum Gasteiger partial charge on any atom is 0.231 e. The van der Waals surface area contributed by atoms with Crippen molar-refractivity contribution >= 4 is 45.0 Å². The first-order valence-corrected chi connectivity index (χ1v) is 9.33. The summed E-state index contributed by atoms with van der Waals surface area (Å²) in [5.41, 5.74) is 0.501. The minimum atomic E-state index is -0.567. The van der Waals surface area contributed by atoms with Crippen LogP contribution in [0.4, 0.5) is 15.3 Å². The topological polar surface area (TPSA) is 104 Å². The van der Waals surface area contributed by atoms with Crippen molar-refractivity contribution in [2.45, 2.75) is 26.2 Å². The summed E-state index contributed by atoms with van der Waals surface area (Å²) in [7, 11) is 0. The molecule has 10 heteroatoms. The van der Waals surface area contributed by atoms with E-state index in [0.717, 1.165) is 5.01 Å². The number of aromatic amines is 1. The molecule has 1 atom stereocenters. The summed E-state index contributed by atoms with van der Waals surface area (Å²) < 4.78 is 14.2. The number of benzene rings is 1. The molecule has 1 fully saturated rings. The Balaban J connectivity index is 1.52. The van der Waals surface area contributed by atoms with Crippen LogP contribution in [0.2, 0.25) is 0 Å². The Bertz CT molecular complexity index is 1030. The molecule has 0 radical (unpaired) electrons. The summed E-state index contributed by atoms with van der Waals surface area (Å²) in [6.07, 6.45) is 0.0322. The van der Waals surface area contributed by atoms with Gasteiger partial charge < -0.3 is 5.32 Å². The molecule has 0 aliphatic carbocycles. The number of carbonyl (C=O) groups excluding carboxylic acids is 2. The molecule has 2 aromatic heterocycles. The molecule has 4 rings (SSSR count). The standard InChI is InChI=1S/C17H17FN6O2S/c1-8(2)16-22-23-17(27-16)19-15(26)9-6-12(25)24(7-9)14-13-10(18)4-3-5-11(13)20-21-14/h3-5,8-9H,6-7H2,1-2H3,(H,20,21)(H,19,23,26)/t9-/m1/s1. The Labute approximate surface area is 157 Å². The normalized spacial score (nSPS) is 17.3. The zero-order chi connectivity index (χ0) is 19.1. The summed E-state index contributed by atoms with van der Waals surface area (Å²) in [6, 6.07) is 4.56. The highest BCUT2D eigenvalue weighted by Gasteiger charge is 2.37. The first-order valence-electron chi connectivity index (χ1n) is 8.51. The molecule has 140 valence electrons. The fraction of sp³-hybridized carbons (Fsp3) is 0.353. The molecule has 3 heterocycles. The Morgan fingerprint density at radius 1 is 1.41 bits per heavy atom. The van der Waals surface area contributed by atoms with E-state index in [0.29, 0.717) is 10.6 Å². The quantitative estimate of drug-likeness (QED) is 0.715. The number of carbonyl (C=O) groups is 2. The van der Waals surface area contributed by atoms with Crippen LogP contribution < -0.4 is 10.2 Å². The van der Waals surface area contributed by atoms with E-state index in [9.17, 15) is 14.0 Å². The van der Waals surface area contributed by atoms with E-state index in [2.05, 4.69) is 25.7 Å². The highest BCUT2D eigenvalue weighted by molar-refractivity contribution is 7.15. The molecule has 0 bridgehead atoms. The third-order valence-electron chi connectivity index (χ3n) is 4.44. The Kier molecular flexibility index (Phi) is 4.34. The minimum absolute atomic E-state index is 0.0322. The fourth-order valence-electron chi connectivity index (χ4n) is 3.02. The third-order valence-corrected chi connectivity index (χ3v) is 5.57. The van der Waals surface area contributed by atoms with Gasteiger partial charge in [0.25, 0.3) is 0 Å². The van der Waals surface area contributed by atoms with Crippen LogP contribution in [0.3, 0.4) is 0 Å². The fourth-order valence-corrected chi connectivity index (χ4v) is 3.77. The summed E-state index contributed by atoms with van der Waals surface area (Å²) in [6.45, 7) is 4.12. The van der Waals surface area contributed by atoms with Crippen molar-refractivity contribution in [2.24, 2.45) is 5.92 Å². The number of halogens is 1. The first-order chi connectivity index (χ1) is 12.9. The van der Waals surface area contributed by atoms with E-state index >= 15 is 0 Å². The Morgan fingerprint density at radius 3 is 2.96 bits per heavy atom. The lowest BCUT2D eigenvalue weighted by atomic mass is 10.1. The maximum absolute atomic E-state index is 14.2. The number of fused-ring (bicyclic) bond motifs is 1. The van der Waals surface area contributed by atoms with Crippen molar-refractivity contribution in [1.29, 1.82) is 0 Å². The predicted octanol–water partition coefficient (Wildman–Crippen LogP) is 2.67. The van der Waals surface area contributed by atoms with Crippen molar-refractivity contribution in [3.8, 4) is 0 Å². The van der Waals surface area contributed by atoms with Gasteiger partial charge in [0.2, 0.25) is 16.9 Å². The SMILES string of the molecule is CC(C)c1nnc(NC(=O)[C@@H]2CC(=O)N(c3n[nH]c4cccc(F)c34)C2)s1. The molecule has 8 nitrogen and oxygen atoms in total. The second-order valence-corrected chi connectivity index (χ2v) is 7.71. The van der Waals surface area contributed by atoms with Crippen LogP contribution in [0.15, 0.2) is 18.2 Å². The van der Waals surface area contributed by atoms with Gasteiger partial charge in [-0.15, -0.1) is 10.2 Å². The third kappa shape index (κ3) is 3.16. The maximum atomic E-state index is 14.2. The molecule has 0 spiro atoms. The van der Waals surface area contributed by atoms with Crippen molar-refractivity contribution in [3.63, 3.8) is 0 Å². The number of hydrogen-bond acceptors (Lipinski definition) is 6. The lowest BCUT2D eigenvalue weighted by molar-refractivity contribution is -0.122. The first kappa shape index (κ1) is 17.5. The second-order valence-electron chi connectivity index (χ2n) is 6.70. The van der Waals surface area contributed by atoms with E-state index in [4.69, 9.17) is 0 Å². The minimum Gasteiger partial charge on any atom is -0.300 e. The van der Waals surface area contributed by atoms with Gasteiger partial charge in [-0.3, -0.25) is 19.6 Å². The molecule has 3 aromatic rings. The van der Waals surface area contributed by atoms with E-state index in [-0.39, 0.29) is 41.9 Å². The van der Waals surface area contributed by atoms with Crippen LogP contribution in [-0.4, -0.2) is 38.8 Å². The molecular formula is C17H17FN6O2S. The Morgan fingerprint density at radius 2 is 2.22 bits per heavy atom. The zero-order valence-electron chi connectivity index (χ0n) is 14.7. The van der Waals surface area contributed by atoms with Crippen LogP contribution in [0.25, 0.3) is 10.9 Å². The van der Waals surface area contributed by atoms with Gasteiger partial charge in [0, 0.05) is 18.9 Å². The molecule has 0 unspecified atom stereocenters. The van der Waals surface area contributed by atoms with Crippen molar-refractivity contribution in [2.75, 3.05) is 16.8 Å². The van der Waals surface area contributed by atoms with E-state index < -0.39 is 11.7 Å². The number of aromatic nitrogens is 4. The van der Waals surface area contributed by atoms with Gasteiger partial charge >= 0.3 is 0 Å². The zero-order valence-corrected chi connectivity index (χ0v) is 15.5. The number of anilines is 2. The van der Waals surface area contributed by atoms with Gasteiger partial charge in [0.15, 0.2) is 5.82 Å². The van der Waals surface area contributed by atoms with Crippen LogP contribution in [0.5, 0.6) is 0 Å². The largest absolute Gasteiger partial charge is 0.300 e. The van der Waals surface area contributed by atoms with Gasteiger partial charge in [0.05, 0.1) is 16.8 Å². The molecule has 1 aromatic carbocycles. The second kappa shape index (κ2) is 6.69. The van der Waals surface area contributed by atoms with Crippen molar-refractivity contribution in [3.05, 3.63) is 29.0 Å². The smallest absolute Gasteiger partial charge is 0.231 e. The number of amides is 2. The van der Waals surface area contributed by atoms with Crippen molar-refractivity contribution in [1.82, 2.24) is 20.4 Å². The monoisotopic (exact) mass is 388 g/mol. The molecule has 1 saturated heterocycles. The average molecular weight is 388 g/mol. The average Bonchev–Trinajstić information content (AvgIpc) is 3.33. The van der Waals surface area contributed by atoms with Crippen LogP contribution in [0.1, 0.15) is 31.2 Å². The Hall–Kier alpha value is -2.88. The molecular weight excluding hydrogens is 371 g/mol. The summed E-state index contributed by atoms with van der Waals surface area (Å²) in [4.78, 5) is 26.3. The summed E-state index contributed by atoms with van der Waals surface area (Å²) >= 11 is 1.31. The van der Waals surface area contributed by atoms with E-state index in [1.54, 1.807) is 12.1 Å². The molecule has 2 N–H and O–H groups in total. The van der Waals surface area contributed by atoms with Crippen LogP contribution in [0, 0.1) is 11.7 Å². The number of hydrogen-bond donors (Lipinski definition) is 2. The number of H-pyrrole nitrogens is 1. The number of nitrogens with one attached hydrogen (secondary N) is 2. The predicted molar refractivity (Wildman–Crippen MR) is 99.1 cm³/mol.